The summed E-state index contributed by atoms with van der Waals surface area (Å²) in [5, 5.41) is 7.12. The number of unbranched alkanes of at least 4 members (excludes halogenated alkanes) is 1. The average molecular weight is 505 g/mol. The molecule has 2 unspecified atom stereocenters. The number of aliphatic imine (C=N–C) groups is 1. The molecule has 1 saturated heterocycles. The molecule has 0 aromatic heterocycles. The minimum atomic E-state index is -0.230. The summed E-state index contributed by atoms with van der Waals surface area (Å²) in [5.74, 6) is 1.01. The number of rotatable bonds is 9. The lowest BCUT2D eigenvalue weighted by Gasteiger charge is -2.41. The number of para-hydroxylation sites is 1. The zero-order valence-electron chi connectivity index (χ0n) is 21.4. The van der Waals surface area contributed by atoms with Crippen LogP contribution in [0.25, 0.3) is 0 Å². The number of carbonyl (C=O) groups is 2. The molecular formula is C29H36N4O2S. The molecular weight excluding hydrogens is 468 g/mol. The quantitative estimate of drug-likeness (QED) is 0.403. The van der Waals surface area contributed by atoms with Crippen LogP contribution in [0.2, 0.25) is 0 Å². The molecule has 2 aromatic carbocycles. The number of carbonyl (C=O) groups excluding carboxylic acids is 2. The Bertz CT molecular complexity index is 1130. The lowest BCUT2D eigenvalue weighted by Crippen LogP contribution is -2.43. The van der Waals surface area contributed by atoms with Crippen LogP contribution >= 0.6 is 11.8 Å². The molecule has 7 heteroatoms. The summed E-state index contributed by atoms with van der Waals surface area (Å²) >= 11 is 1.74. The summed E-state index contributed by atoms with van der Waals surface area (Å²) in [4.78, 5) is 33.3. The molecule has 2 aliphatic heterocycles. The van der Waals surface area contributed by atoms with Crippen LogP contribution in [0.15, 0.2) is 70.9 Å². The Hall–Kier alpha value is -3.06. The maximum Gasteiger partial charge on any atom is 0.255 e. The third-order valence-corrected chi connectivity index (χ3v) is 7.88. The Morgan fingerprint density at radius 3 is 2.47 bits per heavy atom. The van der Waals surface area contributed by atoms with Gasteiger partial charge in [-0.1, -0.05) is 68.8 Å². The van der Waals surface area contributed by atoms with Gasteiger partial charge in [0.05, 0.1) is 17.3 Å². The van der Waals surface area contributed by atoms with Gasteiger partial charge in [0, 0.05) is 29.6 Å². The standard InChI is InChI=1S/C29H36N4O2S/c1-4-6-11-21(5-2)27(34)31-24-16-14-22(15-17-24)26-25(28(35)32-23-12-8-7-9-13-23)20(3)30-29-33(26)18-10-19-36-29/h7-9,12-17,21,26H,4-6,10-11,18-19H2,1-3H3,(H,31,34)(H,32,35). The Balaban J connectivity index is 1.59. The predicted molar refractivity (Wildman–Crippen MR) is 150 cm³/mol. The highest BCUT2D eigenvalue weighted by Gasteiger charge is 2.37. The van der Waals surface area contributed by atoms with Gasteiger partial charge in [-0.3, -0.25) is 9.59 Å². The van der Waals surface area contributed by atoms with E-state index in [0.29, 0.717) is 5.57 Å². The summed E-state index contributed by atoms with van der Waals surface area (Å²) in [6.45, 7) is 6.98. The maximum absolute atomic E-state index is 13.5. The largest absolute Gasteiger partial charge is 0.340 e. The van der Waals surface area contributed by atoms with E-state index in [2.05, 4.69) is 29.4 Å². The van der Waals surface area contributed by atoms with Crippen molar-refractivity contribution in [2.24, 2.45) is 10.9 Å². The van der Waals surface area contributed by atoms with E-state index in [1.807, 2.05) is 61.5 Å². The number of amidine groups is 1. The number of fused-ring (bicyclic) bond motifs is 1. The molecule has 2 amide bonds. The number of nitrogens with one attached hydrogen (secondary N) is 2. The number of hydrogen-bond donors (Lipinski definition) is 2. The van der Waals surface area contributed by atoms with Gasteiger partial charge in [0.15, 0.2) is 5.17 Å². The molecule has 0 aliphatic carbocycles. The number of benzene rings is 2. The molecule has 0 radical (unpaired) electrons. The molecule has 1 fully saturated rings. The van der Waals surface area contributed by atoms with Crippen molar-refractivity contribution in [1.82, 2.24) is 4.90 Å². The second kappa shape index (κ2) is 12.3. The second-order valence-corrected chi connectivity index (χ2v) is 10.4. The fourth-order valence-electron chi connectivity index (χ4n) is 4.79. The first-order valence-electron chi connectivity index (χ1n) is 13.0. The Morgan fingerprint density at radius 2 is 1.78 bits per heavy atom. The van der Waals surface area contributed by atoms with Crippen LogP contribution in [0.4, 0.5) is 11.4 Å². The Kier molecular flexibility index (Phi) is 8.86. The number of amides is 2. The van der Waals surface area contributed by atoms with E-state index in [0.717, 1.165) is 72.2 Å². The molecule has 0 bridgehead atoms. The van der Waals surface area contributed by atoms with Gasteiger partial charge < -0.3 is 15.5 Å². The topological polar surface area (TPSA) is 73.8 Å². The molecule has 190 valence electrons. The smallest absolute Gasteiger partial charge is 0.255 e. The lowest BCUT2D eigenvalue weighted by atomic mass is 9.93. The fourth-order valence-corrected chi connectivity index (χ4v) is 5.81. The molecule has 0 spiro atoms. The van der Waals surface area contributed by atoms with Crippen LogP contribution in [0.3, 0.4) is 0 Å². The molecule has 4 rings (SSSR count). The minimum Gasteiger partial charge on any atom is -0.340 e. The number of nitrogens with zero attached hydrogens (tertiary/aromatic N) is 2. The van der Waals surface area contributed by atoms with E-state index >= 15 is 0 Å². The average Bonchev–Trinajstić information content (AvgIpc) is 2.89. The molecule has 2 aromatic rings. The highest BCUT2D eigenvalue weighted by molar-refractivity contribution is 8.13. The number of thioether (sulfide) groups is 1. The summed E-state index contributed by atoms with van der Waals surface area (Å²) in [5.41, 5.74) is 3.96. The Labute approximate surface area is 218 Å². The van der Waals surface area contributed by atoms with Crippen LogP contribution in [-0.2, 0) is 9.59 Å². The third-order valence-electron chi connectivity index (χ3n) is 6.80. The molecule has 0 saturated carbocycles. The van der Waals surface area contributed by atoms with Gasteiger partial charge in [-0.2, -0.15) is 0 Å². The van der Waals surface area contributed by atoms with E-state index in [1.165, 1.54) is 0 Å². The van der Waals surface area contributed by atoms with Crippen molar-refractivity contribution in [2.75, 3.05) is 22.9 Å². The van der Waals surface area contributed by atoms with Crippen molar-refractivity contribution in [3.8, 4) is 0 Å². The number of allylic oxidation sites excluding steroid dienone is 1. The SMILES string of the molecule is CCCCC(CC)C(=O)Nc1ccc(C2C(C(=O)Nc3ccccc3)=C(C)N=C3SCCCN32)cc1. The van der Waals surface area contributed by atoms with Gasteiger partial charge in [0.25, 0.3) is 5.91 Å². The van der Waals surface area contributed by atoms with Gasteiger partial charge in [-0.25, -0.2) is 4.99 Å². The first-order valence-corrected chi connectivity index (χ1v) is 14.0. The van der Waals surface area contributed by atoms with Crippen molar-refractivity contribution in [1.29, 1.82) is 0 Å². The van der Waals surface area contributed by atoms with Crippen LogP contribution in [0, 0.1) is 5.92 Å². The molecule has 2 atom stereocenters. The van der Waals surface area contributed by atoms with Crippen LogP contribution in [-0.4, -0.2) is 34.2 Å². The molecule has 2 aliphatic rings. The number of hydrogen-bond acceptors (Lipinski definition) is 5. The van der Waals surface area contributed by atoms with Gasteiger partial charge in [-0.05, 0) is 56.0 Å². The van der Waals surface area contributed by atoms with Gasteiger partial charge in [0.1, 0.15) is 0 Å². The van der Waals surface area contributed by atoms with E-state index in [-0.39, 0.29) is 23.8 Å². The highest BCUT2D eigenvalue weighted by Crippen LogP contribution is 2.40. The maximum atomic E-state index is 13.5. The number of anilines is 2. The molecule has 36 heavy (non-hydrogen) atoms. The predicted octanol–water partition coefficient (Wildman–Crippen LogP) is 6.60. The first kappa shape index (κ1) is 26.0. The zero-order chi connectivity index (χ0) is 25.5. The molecule has 6 nitrogen and oxygen atoms in total. The van der Waals surface area contributed by atoms with Gasteiger partial charge in [-0.15, -0.1) is 0 Å². The van der Waals surface area contributed by atoms with Gasteiger partial charge >= 0.3 is 0 Å². The summed E-state index contributed by atoms with van der Waals surface area (Å²) < 4.78 is 0. The van der Waals surface area contributed by atoms with Crippen molar-refractivity contribution in [2.45, 2.75) is 58.9 Å². The van der Waals surface area contributed by atoms with Crippen molar-refractivity contribution >= 4 is 40.1 Å². The van der Waals surface area contributed by atoms with Crippen LogP contribution in [0.1, 0.15) is 64.5 Å². The normalized spacial score (nSPS) is 18.2. The van der Waals surface area contributed by atoms with E-state index < -0.39 is 0 Å². The van der Waals surface area contributed by atoms with Crippen molar-refractivity contribution in [3.63, 3.8) is 0 Å². The van der Waals surface area contributed by atoms with E-state index in [1.54, 1.807) is 11.8 Å². The Morgan fingerprint density at radius 1 is 1.06 bits per heavy atom. The molecule has 2 N–H and O–H groups in total. The summed E-state index contributed by atoms with van der Waals surface area (Å²) in [7, 11) is 0. The third kappa shape index (κ3) is 6.01. The lowest BCUT2D eigenvalue weighted by molar-refractivity contribution is -0.120. The summed E-state index contributed by atoms with van der Waals surface area (Å²) in [6.07, 6.45) is 4.94. The van der Waals surface area contributed by atoms with Crippen LogP contribution < -0.4 is 10.6 Å². The fraction of sp³-hybridized carbons (Fsp3) is 0.414. The second-order valence-electron chi connectivity index (χ2n) is 9.37. The first-order chi connectivity index (χ1) is 17.5. The molecule has 2 heterocycles. The minimum absolute atomic E-state index is 0.0333. The summed E-state index contributed by atoms with van der Waals surface area (Å²) in [6, 6.07) is 17.2. The van der Waals surface area contributed by atoms with Crippen molar-refractivity contribution in [3.05, 3.63) is 71.4 Å². The zero-order valence-corrected chi connectivity index (χ0v) is 22.2. The van der Waals surface area contributed by atoms with E-state index in [9.17, 15) is 9.59 Å². The highest BCUT2D eigenvalue weighted by atomic mass is 32.2. The monoisotopic (exact) mass is 504 g/mol. The van der Waals surface area contributed by atoms with Gasteiger partial charge in [0.2, 0.25) is 5.91 Å². The van der Waals surface area contributed by atoms with E-state index in [4.69, 9.17) is 4.99 Å². The van der Waals surface area contributed by atoms with Crippen molar-refractivity contribution < 1.29 is 9.59 Å². The van der Waals surface area contributed by atoms with Crippen LogP contribution in [0.5, 0.6) is 0 Å².